The molecule has 1 aliphatic heterocycles. The maximum absolute atomic E-state index is 12.5. The predicted octanol–water partition coefficient (Wildman–Crippen LogP) is 0.564. The van der Waals surface area contributed by atoms with Crippen LogP contribution in [0.15, 0.2) is 17.1 Å². The Morgan fingerprint density at radius 3 is 2.84 bits per heavy atom. The number of hydrogen-bond acceptors (Lipinski definition) is 6. The third kappa shape index (κ3) is 2.47. The number of morpholine rings is 1. The molecule has 1 aliphatic rings. The van der Waals surface area contributed by atoms with E-state index in [0.29, 0.717) is 30.7 Å². The van der Waals surface area contributed by atoms with Crippen LogP contribution in [0.4, 0.5) is 11.6 Å². The Morgan fingerprint density at radius 1 is 1.36 bits per heavy atom. The summed E-state index contributed by atoms with van der Waals surface area (Å²) in [7, 11) is 1.92. The first-order chi connectivity index (χ1) is 12.1. The molecule has 0 amide bonds. The summed E-state index contributed by atoms with van der Waals surface area (Å²) < 4.78 is 8.91. The summed E-state index contributed by atoms with van der Waals surface area (Å²) in [5.74, 6) is 1.24. The highest BCUT2D eigenvalue weighted by Crippen LogP contribution is 2.29. The third-order valence-corrected chi connectivity index (χ3v) is 4.63. The molecule has 0 spiro atoms. The highest BCUT2D eigenvalue weighted by molar-refractivity contribution is 5.97. The lowest BCUT2D eigenvalue weighted by molar-refractivity contribution is 0.122. The van der Waals surface area contributed by atoms with Gasteiger partial charge in [0.1, 0.15) is 11.2 Å². The minimum atomic E-state index is -0.142. The number of aromatic nitrogens is 5. The average molecular weight is 343 g/mol. The van der Waals surface area contributed by atoms with Gasteiger partial charge in [0.2, 0.25) is 0 Å². The summed E-state index contributed by atoms with van der Waals surface area (Å²) in [5.41, 5.74) is 7.97. The molecule has 132 valence electrons. The van der Waals surface area contributed by atoms with Gasteiger partial charge in [0.25, 0.3) is 5.56 Å². The van der Waals surface area contributed by atoms with Gasteiger partial charge in [0, 0.05) is 44.5 Å². The number of hydrogen-bond donors (Lipinski definition) is 2. The van der Waals surface area contributed by atoms with Crippen molar-refractivity contribution in [3.8, 4) is 11.3 Å². The molecule has 1 saturated heterocycles. The highest BCUT2D eigenvalue weighted by atomic mass is 16.5. The molecule has 4 heterocycles. The molecule has 0 aromatic carbocycles. The topological polar surface area (TPSA) is 107 Å². The van der Waals surface area contributed by atoms with E-state index in [1.165, 1.54) is 0 Å². The SMILES string of the molecule is CCn1cc(-c2cc(N3CCOCC3)n(C)n2)c2[nH]nc(N)c2c1=O. The first kappa shape index (κ1) is 15.7. The van der Waals surface area contributed by atoms with Gasteiger partial charge in [-0.2, -0.15) is 10.2 Å². The molecule has 0 atom stereocenters. The lowest BCUT2D eigenvalue weighted by Crippen LogP contribution is -2.37. The van der Waals surface area contributed by atoms with Crippen LogP contribution in [-0.4, -0.2) is 50.8 Å². The number of pyridine rings is 1. The van der Waals surface area contributed by atoms with Crippen molar-refractivity contribution in [3.05, 3.63) is 22.6 Å². The van der Waals surface area contributed by atoms with Crippen molar-refractivity contribution in [1.82, 2.24) is 24.5 Å². The molecule has 4 rings (SSSR count). The number of anilines is 2. The molecular formula is C16H21N7O2. The summed E-state index contributed by atoms with van der Waals surface area (Å²) in [6.45, 7) is 5.56. The quantitative estimate of drug-likeness (QED) is 0.720. The van der Waals surface area contributed by atoms with E-state index >= 15 is 0 Å². The van der Waals surface area contributed by atoms with E-state index in [9.17, 15) is 4.79 Å². The number of nitrogen functional groups attached to an aromatic ring is 1. The van der Waals surface area contributed by atoms with Gasteiger partial charge in [-0.25, -0.2) is 0 Å². The number of fused-ring (bicyclic) bond motifs is 1. The number of aryl methyl sites for hydroxylation is 2. The van der Waals surface area contributed by atoms with Gasteiger partial charge < -0.3 is 19.9 Å². The van der Waals surface area contributed by atoms with Crippen LogP contribution < -0.4 is 16.2 Å². The maximum Gasteiger partial charge on any atom is 0.263 e. The van der Waals surface area contributed by atoms with Crippen molar-refractivity contribution >= 4 is 22.5 Å². The van der Waals surface area contributed by atoms with Gasteiger partial charge in [-0.05, 0) is 6.92 Å². The number of H-pyrrole nitrogens is 1. The fourth-order valence-electron chi connectivity index (χ4n) is 3.30. The second-order valence-electron chi connectivity index (χ2n) is 6.10. The molecule has 1 fully saturated rings. The van der Waals surface area contributed by atoms with Crippen LogP contribution in [0.3, 0.4) is 0 Å². The van der Waals surface area contributed by atoms with Gasteiger partial charge in [0.15, 0.2) is 5.82 Å². The Labute approximate surface area is 144 Å². The number of nitrogens with one attached hydrogen (secondary N) is 1. The van der Waals surface area contributed by atoms with Crippen molar-refractivity contribution in [3.63, 3.8) is 0 Å². The standard InChI is InChI=1S/C16H21N7O2/c1-3-22-9-10(14-13(16(22)24)15(17)19-18-14)11-8-12(21(2)20-11)23-4-6-25-7-5-23/h8-9H,3-7H2,1-2H3,(H3,17,18,19). The zero-order valence-corrected chi connectivity index (χ0v) is 14.3. The highest BCUT2D eigenvalue weighted by Gasteiger charge is 2.20. The number of nitrogens with zero attached hydrogens (tertiary/aromatic N) is 5. The molecule has 3 N–H and O–H groups in total. The number of ether oxygens (including phenoxy) is 1. The largest absolute Gasteiger partial charge is 0.382 e. The normalized spacial score (nSPS) is 15.2. The summed E-state index contributed by atoms with van der Waals surface area (Å²) in [6, 6.07) is 2.03. The molecule has 0 aliphatic carbocycles. The van der Waals surface area contributed by atoms with E-state index in [4.69, 9.17) is 10.5 Å². The van der Waals surface area contributed by atoms with Crippen molar-refractivity contribution in [2.45, 2.75) is 13.5 Å². The third-order valence-electron chi connectivity index (χ3n) is 4.63. The lowest BCUT2D eigenvalue weighted by atomic mass is 10.1. The van der Waals surface area contributed by atoms with Gasteiger partial charge in [0.05, 0.1) is 24.4 Å². The molecule has 3 aromatic heterocycles. The molecule has 3 aromatic rings. The van der Waals surface area contributed by atoms with E-state index < -0.39 is 0 Å². The van der Waals surface area contributed by atoms with Gasteiger partial charge in [-0.15, -0.1) is 0 Å². The Balaban J connectivity index is 1.88. The molecular weight excluding hydrogens is 322 g/mol. The van der Waals surface area contributed by atoms with Crippen LogP contribution in [0.25, 0.3) is 22.2 Å². The van der Waals surface area contributed by atoms with E-state index in [-0.39, 0.29) is 11.4 Å². The monoisotopic (exact) mass is 343 g/mol. The fourth-order valence-corrected chi connectivity index (χ4v) is 3.30. The van der Waals surface area contributed by atoms with E-state index in [0.717, 1.165) is 30.2 Å². The average Bonchev–Trinajstić information content (AvgIpc) is 3.20. The fraction of sp³-hybridized carbons (Fsp3) is 0.438. The Morgan fingerprint density at radius 2 is 2.12 bits per heavy atom. The molecule has 0 radical (unpaired) electrons. The Bertz CT molecular complexity index is 978. The first-order valence-corrected chi connectivity index (χ1v) is 8.34. The van der Waals surface area contributed by atoms with Crippen LogP contribution in [0, 0.1) is 0 Å². The van der Waals surface area contributed by atoms with E-state index in [1.807, 2.05) is 30.9 Å². The molecule has 0 saturated carbocycles. The Kier molecular flexibility index (Phi) is 3.72. The summed E-state index contributed by atoms with van der Waals surface area (Å²) >= 11 is 0. The second kappa shape index (κ2) is 5.92. The van der Waals surface area contributed by atoms with Gasteiger partial charge in [-0.3, -0.25) is 14.6 Å². The van der Waals surface area contributed by atoms with Crippen LogP contribution in [0.5, 0.6) is 0 Å². The Hall–Kier alpha value is -2.81. The van der Waals surface area contributed by atoms with Crippen molar-refractivity contribution in [1.29, 1.82) is 0 Å². The van der Waals surface area contributed by atoms with E-state index in [2.05, 4.69) is 20.2 Å². The van der Waals surface area contributed by atoms with Crippen molar-refractivity contribution in [2.24, 2.45) is 7.05 Å². The molecule has 0 bridgehead atoms. The van der Waals surface area contributed by atoms with Crippen LogP contribution >= 0.6 is 0 Å². The number of nitrogens with two attached hydrogens (primary N) is 1. The van der Waals surface area contributed by atoms with Crippen molar-refractivity contribution in [2.75, 3.05) is 36.9 Å². The maximum atomic E-state index is 12.5. The zero-order chi connectivity index (χ0) is 17.6. The van der Waals surface area contributed by atoms with Crippen LogP contribution in [-0.2, 0) is 18.3 Å². The molecule has 9 heteroatoms. The smallest absolute Gasteiger partial charge is 0.263 e. The summed E-state index contributed by atoms with van der Waals surface area (Å²) in [6.07, 6.45) is 1.81. The molecule has 0 unspecified atom stereocenters. The summed E-state index contributed by atoms with van der Waals surface area (Å²) in [4.78, 5) is 14.8. The minimum Gasteiger partial charge on any atom is -0.382 e. The zero-order valence-electron chi connectivity index (χ0n) is 14.3. The van der Waals surface area contributed by atoms with Crippen LogP contribution in [0.1, 0.15) is 6.92 Å². The second-order valence-corrected chi connectivity index (χ2v) is 6.10. The summed E-state index contributed by atoms with van der Waals surface area (Å²) in [5, 5.41) is 12.0. The first-order valence-electron chi connectivity index (χ1n) is 8.34. The van der Waals surface area contributed by atoms with Crippen molar-refractivity contribution < 1.29 is 4.74 Å². The predicted molar refractivity (Wildman–Crippen MR) is 95.7 cm³/mol. The minimum absolute atomic E-state index is 0.142. The number of aromatic amines is 1. The van der Waals surface area contributed by atoms with Gasteiger partial charge in [-0.1, -0.05) is 0 Å². The van der Waals surface area contributed by atoms with Crippen LogP contribution in [0.2, 0.25) is 0 Å². The number of rotatable bonds is 3. The lowest BCUT2D eigenvalue weighted by Gasteiger charge is -2.28. The molecule has 25 heavy (non-hydrogen) atoms. The molecule has 9 nitrogen and oxygen atoms in total. The van der Waals surface area contributed by atoms with Gasteiger partial charge >= 0.3 is 0 Å². The van der Waals surface area contributed by atoms with E-state index in [1.54, 1.807) is 4.57 Å².